The van der Waals surface area contributed by atoms with Crippen molar-refractivity contribution in [1.29, 1.82) is 0 Å². The van der Waals surface area contributed by atoms with Crippen LogP contribution in [0.4, 0.5) is 0 Å². The highest BCUT2D eigenvalue weighted by molar-refractivity contribution is 6.34. The molecule has 0 atom stereocenters. The quantitative estimate of drug-likeness (QED) is 0.304. The maximum Gasteiger partial charge on any atom is 0.0490 e. The van der Waals surface area contributed by atoms with Crippen LogP contribution < -0.4 is 0 Å². The first kappa shape index (κ1) is 17.7. The molecule has 2 heteroatoms. The first-order chi connectivity index (χ1) is 14.3. The fourth-order valence-corrected chi connectivity index (χ4v) is 4.26. The molecule has 0 fully saturated rings. The van der Waals surface area contributed by atoms with Crippen molar-refractivity contribution in [2.45, 2.75) is 0 Å². The molecule has 5 aromatic rings. The van der Waals surface area contributed by atoms with E-state index in [4.69, 9.17) is 11.6 Å². The summed E-state index contributed by atoms with van der Waals surface area (Å²) in [5.41, 5.74) is 6.75. The van der Waals surface area contributed by atoms with Gasteiger partial charge < -0.3 is 0 Å². The third-order valence-corrected chi connectivity index (χ3v) is 5.56. The molecule has 0 amide bonds. The number of pyridine rings is 1. The average molecular weight is 392 g/mol. The second-order valence-electron chi connectivity index (χ2n) is 6.98. The van der Waals surface area contributed by atoms with Crippen molar-refractivity contribution in [3.63, 3.8) is 0 Å². The standard InChI is InChI=1S/C27H18ClN/c28-25-16-6-15-24(27(25)20-8-2-1-3-9-20)23-14-5-11-19-10-4-13-22(26(19)23)21-12-7-17-29-18-21/h1-18H. The van der Waals surface area contributed by atoms with E-state index in [1.165, 1.54) is 21.9 Å². The first-order valence-electron chi connectivity index (χ1n) is 9.59. The number of fused-ring (bicyclic) bond motifs is 1. The molecule has 0 saturated carbocycles. The summed E-state index contributed by atoms with van der Waals surface area (Å²) in [5, 5.41) is 3.16. The molecule has 0 aliphatic rings. The highest BCUT2D eigenvalue weighted by Gasteiger charge is 2.15. The summed E-state index contributed by atoms with van der Waals surface area (Å²) in [7, 11) is 0. The minimum atomic E-state index is 0.754. The van der Waals surface area contributed by atoms with E-state index in [1.807, 2.05) is 42.6 Å². The van der Waals surface area contributed by atoms with Crippen LogP contribution in [-0.4, -0.2) is 4.98 Å². The third-order valence-electron chi connectivity index (χ3n) is 5.24. The lowest BCUT2D eigenvalue weighted by molar-refractivity contribution is 1.33. The Bertz CT molecular complexity index is 1290. The Kier molecular flexibility index (Phi) is 4.59. The molecule has 0 bridgehead atoms. The number of hydrogen-bond donors (Lipinski definition) is 0. The maximum absolute atomic E-state index is 6.71. The second kappa shape index (κ2) is 7.54. The zero-order chi connectivity index (χ0) is 19.6. The van der Waals surface area contributed by atoms with Gasteiger partial charge in [-0.1, -0.05) is 96.5 Å². The van der Waals surface area contributed by atoms with E-state index in [-0.39, 0.29) is 0 Å². The van der Waals surface area contributed by atoms with Gasteiger partial charge in [0.2, 0.25) is 0 Å². The average Bonchev–Trinajstić information content (AvgIpc) is 2.79. The molecule has 0 N–H and O–H groups in total. The Morgan fingerprint density at radius 1 is 0.552 bits per heavy atom. The van der Waals surface area contributed by atoms with E-state index >= 15 is 0 Å². The molecule has 5 rings (SSSR count). The molecule has 138 valence electrons. The summed E-state index contributed by atoms with van der Waals surface area (Å²) in [5.74, 6) is 0. The predicted molar refractivity (Wildman–Crippen MR) is 123 cm³/mol. The molecule has 1 nitrogen and oxygen atoms in total. The zero-order valence-corrected chi connectivity index (χ0v) is 16.5. The lowest BCUT2D eigenvalue weighted by Gasteiger charge is -2.16. The van der Waals surface area contributed by atoms with Crippen LogP contribution in [0, 0.1) is 0 Å². The zero-order valence-electron chi connectivity index (χ0n) is 15.7. The summed E-state index contributed by atoms with van der Waals surface area (Å²) in [6, 6.07) is 33.4. The van der Waals surface area contributed by atoms with E-state index in [0.717, 1.165) is 27.3 Å². The topological polar surface area (TPSA) is 12.9 Å². The van der Waals surface area contributed by atoms with Gasteiger partial charge in [-0.15, -0.1) is 0 Å². The van der Waals surface area contributed by atoms with Crippen LogP contribution in [0.25, 0.3) is 44.2 Å². The number of benzene rings is 4. The monoisotopic (exact) mass is 391 g/mol. The Hall–Kier alpha value is -3.42. The van der Waals surface area contributed by atoms with Gasteiger partial charge >= 0.3 is 0 Å². The van der Waals surface area contributed by atoms with Crippen LogP contribution in [0.1, 0.15) is 0 Å². The van der Waals surface area contributed by atoms with E-state index < -0.39 is 0 Å². The molecule has 29 heavy (non-hydrogen) atoms. The molecule has 0 spiro atoms. The molecule has 0 aliphatic heterocycles. The van der Waals surface area contributed by atoms with E-state index in [2.05, 4.69) is 65.6 Å². The molecule has 1 aromatic heterocycles. The minimum absolute atomic E-state index is 0.754. The van der Waals surface area contributed by atoms with Crippen molar-refractivity contribution in [3.05, 3.63) is 114 Å². The Labute approximate surface area is 175 Å². The van der Waals surface area contributed by atoms with Crippen molar-refractivity contribution in [2.75, 3.05) is 0 Å². The number of aromatic nitrogens is 1. The van der Waals surface area contributed by atoms with E-state index in [9.17, 15) is 0 Å². The number of halogens is 1. The van der Waals surface area contributed by atoms with Crippen LogP contribution >= 0.6 is 11.6 Å². The molecule has 1 heterocycles. The van der Waals surface area contributed by atoms with Crippen LogP contribution in [0.5, 0.6) is 0 Å². The summed E-state index contributed by atoms with van der Waals surface area (Å²) in [6.07, 6.45) is 3.72. The fourth-order valence-electron chi connectivity index (χ4n) is 3.97. The van der Waals surface area contributed by atoms with E-state index in [1.54, 1.807) is 6.20 Å². The van der Waals surface area contributed by atoms with Crippen LogP contribution in [-0.2, 0) is 0 Å². The molecular weight excluding hydrogens is 374 g/mol. The summed E-state index contributed by atoms with van der Waals surface area (Å²) < 4.78 is 0. The molecule has 4 aromatic carbocycles. The van der Waals surface area contributed by atoms with E-state index in [0.29, 0.717) is 0 Å². The smallest absolute Gasteiger partial charge is 0.0490 e. The van der Waals surface area contributed by atoms with Gasteiger partial charge in [-0.2, -0.15) is 0 Å². The highest BCUT2D eigenvalue weighted by Crippen LogP contribution is 2.42. The SMILES string of the molecule is Clc1cccc(-c2cccc3cccc(-c4cccnc4)c23)c1-c1ccccc1. The van der Waals surface area contributed by atoms with Gasteiger partial charge in [0.05, 0.1) is 0 Å². The van der Waals surface area contributed by atoms with Gasteiger partial charge in [-0.05, 0) is 45.2 Å². The molecule has 0 aliphatic carbocycles. The largest absolute Gasteiger partial charge is 0.264 e. The normalized spacial score (nSPS) is 10.9. The Morgan fingerprint density at radius 2 is 1.24 bits per heavy atom. The van der Waals surface area contributed by atoms with Crippen molar-refractivity contribution in [1.82, 2.24) is 4.98 Å². The molecule has 0 radical (unpaired) electrons. The van der Waals surface area contributed by atoms with Gasteiger partial charge in [0.15, 0.2) is 0 Å². The van der Waals surface area contributed by atoms with Gasteiger partial charge in [-0.25, -0.2) is 0 Å². The van der Waals surface area contributed by atoms with Gasteiger partial charge in [0, 0.05) is 28.5 Å². The Balaban J connectivity index is 1.86. The van der Waals surface area contributed by atoms with Crippen LogP contribution in [0.3, 0.4) is 0 Å². The first-order valence-corrected chi connectivity index (χ1v) is 9.97. The molecule has 0 saturated heterocycles. The number of rotatable bonds is 3. The number of nitrogens with zero attached hydrogens (tertiary/aromatic N) is 1. The summed E-state index contributed by atoms with van der Waals surface area (Å²) in [4.78, 5) is 4.33. The maximum atomic E-state index is 6.71. The summed E-state index contributed by atoms with van der Waals surface area (Å²) in [6.45, 7) is 0. The van der Waals surface area contributed by atoms with Gasteiger partial charge in [0.25, 0.3) is 0 Å². The lowest BCUT2D eigenvalue weighted by atomic mass is 9.88. The van der Waals surface area contributed by atoms with Crippen LogP contribution in [0.2, 0.25) is 5.02 Å². The fraction of sp³-hybridized carbons (Fsp3) is 0. The van der Waals surface area contributed by atoms with Crippen molar-refractivity contribution in [2.24, 2.45) is 0 Å². The van der Waals surface area contributed by atoms with Gasteiger partial charge in [-0.3, -0.25) is 4.98 Å². The number of hydrogen-bond acceptors (Lipinski definition) is 1. The second-order valence-corrected chi connectivity index (χ2v) is 7.39. The van der Waals surface area contributed by atoms with Crippen molar-refractivity contribution in [3.8, 4) is 33.4 Å². The highest BCUT2D eigenvalue weighted by atomic mass is 35.5. The predicted octanol–water partition coefficient (Wildman–Crippen LogP) is 7.89. The summed E-state index contributed by atoms with van der Waals surface area (Å²) >= 11 is 6.71. The lowest BCUT2D eigenvalue weighted by Crippen LogP contribution is -1.90. The van der Waals surface area contributed by atoms with Crippen LogP contribution in [0.15, 0.2) is 109 Å². The van der Waals surface area contributed by atoms with Crippen molar-refractivity contribution < 1.29 is 0 Å². The van der Waals surface area contributed by atoms with Gasteiger partial charge in [0.1, 0.15) is 0 Å². The molecular formula is C27H18ClN. The third kappa shape index (κ3) is 3.20. The molecule has 0 unspecified atom stereocenters. The Morgan fingerprint density at radius 3 is 2.00 bits per heavy atom. The minimum Gasteiger partial charge on any atom is -0.264 e. The van der Waals surface area contributed by atoms with Crippen molar-refractivity contribution >= 4 is 22.4 Å².